The molecule has 0 unspecified atom stereocenters. The second-order valence-corrected chi connectivity index (χ2v) is 6.84. The smallest absolute Gasteiger partial charge is 0.264 e. The minimum Gasteiger partial charge on any atom is -0.382 e. The molecule has 3 heterocycles. The van der Waals surface area contributed by atoms with E-state index in [-0.39, 0.29) is 11.8 Å². The number of amides is 1. The summed E-state index contributed by atoms with van der Waals surface area (Å²) < 4.78 is 1.93. The number of rotatable bonds is 5. The van der Waals surface area contributed by atoms with Crippen molar-refractivity contribution < 1.29 is 9.63 Å². The molecule has 27 heavy (non-hydrogen) atoms. The van der Waals surface area contributed by atoms with Crippen molar-refractivity contribution in [1.82, 2.24) is 19.9 Å². The number of hydrogen-bond donors (Lipinski definition) is 1. The first-order chi connectivity index (χ1) is 13.1. The Morgan fingerprint density at radius 2 is 2.11 bits per heavy atom. The van der Waals surface area contributed by atoms with Gasteiger partial charge in [-0.05, 0) is 24.1 Å². The number of benzene rings is 1. The molecule has 0 saturated heterocycles. The summed E-state index contributed by atoms with van der Waals surface area (Å²) in [7, 11) is 0. The Morgan fingerprint density at radius 3 is 2.93 bits per heavy atom. The van der Waals surface area contributed by atoms with Crippen molar-refractivity contribution in [2.24, 2.45) is 11.1 Å². The zero-order valence-corrected chi connectivity index (χ0v) is 15.3. The lowest BCUT2D eigenvalue weighted by Crippen LogP contribution is -2.34. The fraction of sp³-hybridized carbons (Fsp3) is 0.300. The third-order valence-corrected chi connectivity index (χ3v) is 4.65. The number of nitrogens with one attached hydrogen (secondary N) is 1. The SMILES string of the molecule is CC(C)C1=NO[C@@H](C(=O)NCc2cccnc2-n2cnc3ccccc32)C1. The minimum atomic E-state index is -0.559. The average Bonchev–Trinajstić information content (AvgIpc) is 3.34. The van der Waals surface area contributed by atoms with Gasteiger partial charge in [-0.15, -0.1) is 0 Å². The molecule has 7 heteroatoms. The van der Waals surface area contributed by atoms with E-state index in [0.29, 0.717) is 13.0 Å². The predicted octanol–water partition coefficient (Wildman–Crippen LogP) is 2.84. The number of imidazole rings is 1. The van der Waals surface area contributed by atoms with Gasteiger partial charge in [0.2, 0.25) is 6.10 Å². The highest BCUT2D eigenvalue weighted by molar-refractivity contribution is 5.93. The van der Waals surface area contributed by atoms with Crippen molar-refractivity contribution in [3.63, 3.8) is 0 Å². The van der Waals surface area contributed by atoms with Crippen LogP contribution < -0.4 is 5.32 Å². The number of para-hydroxylation sites is 2. The third-order valence-electron chi connectivity index (χ3n) is 4.65. The molecule has 0 bridgehead atoms. The maximum Gasteiger partial charge on any atom is 0.264 e. The number of hydrogen-bond acceptors (Lipinski definition) is 5. The number of pyridine rings is 1. The monoisotopic (exact) mass is 363 g/mol. The summed E-state index contributed by atoms with van der Waals surface area (Å²) in [5.41, 5.74) is 3.69. The predicted molar refractivity (Wildman–Crippen MR) is 102 cm³/mol. The molecule has 1 aromatic carbocycles. The van der Waals surface area contributed by atoms with Gasteiger partial charge in [0.05, 0.1) is 16.7 Å². The molecule has 0 spiro atoms. The van der Waals surface area contributed by atoms with E-state index in [4.69, 9.17) is 4.84 Å². The van der Waals surface area contributed by atoms with Crippen molar-refractivity contribution in [3.05, 3.63) is 54.5 Å². The van der Waals surface area contributed by atoms with E-state index in [1.807, 2.05) is 54.8 Å². The van der Waals surface area contributed by atoms with Crippen LogP contribution in [0.1, 0.15) is 25.8 Å². The van der Waals surface area contributed by atoms with Crippen LogP contribution in [-0.2, 0) is 16.2 Å². The van der Waals surface area contributed by atoms with Gasteiger partial charge in [0.1, 0.15) is 12.1 Å². The Balaban J connectivity index is 1.50. The number of aromatic nitrogens is 3. The molecule has 138 valence electrons. The summed E-state index contributed by atoms with van der Waals surface area (Å²) in [6.45, 7) is 4.44. The standard InChI is InChI=1S/C20H21N5O2/c1-13(2)16-10-18(27-24-16)20(26)22-11-14-6-5-9-21-19(14)25-12-23-15-7-3-4-8-17(15)25/h3-9,12-13,18H,10-11H2,1-2H3,(H,22,26)/t18-/m1/s1. The van der Waals surface area contributed by atoms with Crippen LogP contribution in [0.3, 0.4) is 0 Å². The normalized spacial score (nSPS) is 16.4. The molecule has 1 atom stereocenters. The molecular weight excluding hydrogens is 342 g/mol. The Morgan fingerprint density at radius 1 is 1.26 bits per heavy atom. The molecule has 4 rings (SSSR count). The molecular formula is C20H21N5O2. The van der Waals surface area contributed by atoms with E-state index in [9.17, 15) is 4.79 Å². The zero-order valence-electron chi connectivity index (χ0n) is 15.3. The van der Waals surface area contributed by atoms with Crippen molar-refractivity contribution >= 4 is 22.7 Å². The van der Waals surface area contributed by atoms with Gasteiger partial charge in [-0.2, -0.15) is 0 Å². The number of carbonyl (C=O) groups is 1. The van der Waals surface area contributed by atoms with Crippen LogP contribution >= 0.6 is 0 Å². The average molecular weight is 363 g/mol. The first-order valence-electron chi connectivity index (χ1n) is 9.00. The largest absolute Gasteiger partial charge is 0.382 e. The van der Waals surface area contributed by atoms with Crippen LogP contribution in [0.2, 0.25) is 0 Å². The number of oxime groups is 1. The van der Waals surface area contributed by atoms with Gasteiger partial charge in [0.25, 0.3) is 5.91 Å². The number of carbonyl (C=O) groups excluding carboxylic acids is 1. The van der Waals surface area contributed by atoms with Gasteiger partial charge >= 0.3 is 0 Å². The van der Waals surface area contributed by atoms with Gasteiger partial charge in [0, 0.05) is 24.7 Å². The molecule has 3 aromatic rings. The van der Waals surface area contributed by atoms with Gasteiger partial charge in [-0.1, -0.05) is 37.2 Å². The third kappa shape index (κ3) is 3.40. The van der Waals surface area contributed by atoms with Crippen molar-refractivity contribution in [3.8, 4) is 5.82 Å². The first kappa shape index (κ1) is 17.2. The molecule has 2 aromatic heterocycles. The maximum absolute atomic E-state index is 12.4. The van der Waals surface area contributed by atoms with Crippen molar-refractivity contribution in [1.29, 1.82) is 0 Å². The quantitative estimate of drug-likeness (QED) is 0.756. The summed E-state index contributed by atoms with van der Waals surface area (Å²) in [5.74, 6) is 0.861. The highest BCUT2D eigenvalue weighted by Crippen LogP contribution is 2.20. The first-order valence-corrected chi connectivity index (χ1v) is 9.00. The fourth-order valence-electron chi connectivity index (χ4n) is 3.09. The lowest BCUT2D eigenvalue weighted by Gasteiger charge is -2.13. The fourth-order valence-corrected chi connectivity index (χ4v) is 3.09. The minimum absolute atomic E-state index is 0.167. The van der Waals surface area contributed by atoms with Gasteiger partial charge in [0.15, 0.2) is 0 Å². The van der Waals surface area contributed by atoms with Crippen LogP contribution in [0, 0.1) is 5.92 Å². The maximum atomic E-state index is 12.4. The van der Waals surface area contributed by atoms with E-state index in [1.54, 1.807) is 12.5 Å². The Labute approximate surface area is 157 Å². The molecule has 1 aliphatic rings. The molecule has 7 nitrogen and oxygen atoms in total. The van der Waals surface area contributed by atoms with Gasteiger partial charge in [-0.25, -0.2) is 9.97 Å². The van der Waals surface area contributed by atoms with E-state index in [0.717, 1.165) is 28.1 Å². The number of fused-ring (bicyclic) bond motifs is 1. The highest BCUT2D eigenvalue weighted by atomic mass is 16.6. The summed E-state index contributed by atoms with van der Waals surface area (Å²) in [6, 6.07) is 11.7. The summed E-state index contributed by atoms with van der Waals surface area (Å²) in [6.07, 6.45) is 3.46. The molecule has 0 saturated carbocycles. The zero-order chi connectivity index (χ0) is 18.8. The Kier molecular flexibility index (Phi) is 4.58. The van der Waals surface area contributed by atoms with Gasteiger partial charge < -0.3 is 10.2 Å². The second-order valence-electron chi connectivity index (χ2n) is 6.84. The molecule has 0 radical (unpaired) electrons. The van der Waals surface area contributed by atoms with Crippen LogP contribution in [0.15, 0.2) is 54.1 Å². The van der Waals surface area contributed by atoms with Crippen LogP contribution in [-0.4, -0.2) is 32.3 Å². The molecule has 1 N–H and O–H groups in total. The summed E-state index contributed by atoms with van der Waals surface area (Å²) >= 11 is 0. The number of nitrogens with zero attached hydrogens (tertiary/aromatic N) is 4. The Hall–Kier alpha value is -3.22. The lowest BCUT2D eigenvalue weighted by atomic mass is 10.0. The molecule has 0 aliphatic carbocycles. The summed E-state index contributed by atoms with van der Waals surface area (Å²) in [4.78, 5) is 26.6. The van der Waals surface area contributed by atoms with E-state index < -0.39 is 6.10 Å². The summed E-state index contributed by atoms with van der Waals surface area (Å²) in [5, 5.41) is 6.96. The van der Waals surface area contributed by atoms with Crippen molar-refractivity contribution in [2.45, 2.75) is 32.9 Å². The molecule has 1 amide bonds. The van der Waals surface area contributed by atoms with E-state index in [2.05, 4.69) is 20.4 Å². The lowest BCUT2D eigenvalue weighted by molar-refractivity contribution is -0.131. The van der Waals surface area contributed by atoms with Gasteiger partial charge in [-0.3, -0.25) is 9.36 Å². The Bertz CT molecular complexity index is 1010. The molecule has 1 aliphatic heterocycles. The molecule has 0 fully saturated rings. The highest BCUT2D eigenvalue weighted by Gasteiger charge is 2.29. The second kappa shape index (κ2) is 7.19. The topological polar surface area (TPSA) is 81.4 Å². The van der Waals surface area contributed by atoms with E-state index >= 15 is 0 Å². The van der Waals surface area contributed by atoms with E-state index in [1.165, 1.54) is 0 Å². The van der Waals surface area contributed by atoms with Crippen LogP contribution in [0.25, 0.3) is 16.9 Å². The van der Waals surface area contributed by atoms with Crippen molar-refractivity contribution in [2.75, 3.05) is 0 Å². The van der Waals surface area contributed by atoms with Crippen LogP contribution in [0.5, 0.6) is 0 Å². The van der Waals surface area contributed by atoms with Crippen LogP contribution in [0.4, 0.5) is 0 Å².